The van der Waals surface area contributed by atoms with Crippen LogP contribution < -0.4 is 9.44 Å². The van der Waals surface area contributed by atoms with Crippen LogP contribution >= 0.6 is 11.6 Å². The third-order valence-corrected chi connectivity index (χ3v) is 7.42. The first-order valence-electron chi connectivity index (χ1n) is 9.08. The summed E-state index contributed by atoms with van der Waals surface area (Å²) in [4.78, 5) is 0.134. The first kappa shape index (κ1) is 22.1. The first-order valence-corrected chi connectivity index (χ1v) is 12.4. The summed E-state index contributed by atoms with van der Waals surface area (Å²) < 4.78 is 55.1. The van der Waals surface area contributed by atoms with Crippen LogP contribution in [0, 0.1) is 0 Å². The SMILES string of the molecule is CC(C)c1ccc(S(=O)(=O)Nc2ccc(S(=O)(=O)Nc3ccc(Cl)cc3)cc2)cc1. The molecule has 3 rings (SSSR count). The summed E-state index contributed by atoms with van der Waals surface area (Å²) in [7, 11) is -7.61. The number of hydrogen-bond acceptors (Lipinski definition) is 4. The largest absolute Gasteiger partial charge is 0.280 e. The number of halogens is 1. The smallest absolute Gasteiger partial charge is 0.261 e. The first-order chi connectivity index (χ1) is 14.1. The molecule has 0 saturated heterocycles. The molecule has 0 saturated carbocycles. The minimum Gasteiger partial charge on any atom is -0.280 e. The average Bonchev–Trinajstić information content (AvgIpc) is 2.70. The number of anilines is 2. The summed E-state index contributed by atoms with van der Waals surface area (Å²) in [5.74, 6) is 0.297. The van der Waals surface area contributed by atoms with Crippen molar-refractivity contribution in [1.82, 2.24) is 0 Å². The van der Waals surface area contributed by atoms with Gasteiger partial charge in [0.25, 0.3) is 20.0 Å². The zero-order valence-corrected chi connectivity index (χ0v) is 18.7. The molecular formula is C21H21ClN2O4S2. The fraction of sp³-hybridized carbons (Fsp3) is 0.143. The van der Waals surface area contributed by atoms with Crippen LogP contribution in [0.2, 0.25) is 5.02 Å². The fourth-order valence-corrected chi connectivity index (χ4v) is 4.92. The summed E-state index contributed by atoms with van der Waals surface area (Å²) in [6, 6.07) is 18.4. The topological polar surface area (TPSA) is 92.3 Å². The van der Waals surface area contributed by atoms with Crippen molar-refractivity contribution in [2.75, 3.05) is 9.44 Å². The molecule has 3 aromatic rings. The van der Waals surface area contributed by atoms with Gasteiger partial charge in [0, 0.05) is 16.4 Å². The molecule has 0 bridgehead atoms. The lowest BCUT2D eigenvalue weighted by molar-refractivity contribution is 0.600. The van der Waals surface area contributed by atoms with Crippen LogP contribution in [-0.4, -0.2) is 16.8 Å². The zero-order chi connectivity index (χ0) is 21.9. The van der Waals surface area contributed by atoms with Crippen LogP contribution in [0.1, 0.15) is 25.3 Å². The van der Waals surface area contributed by atoms with Gasteiger partial charge in [0.2, 0.25) is 0 Å². The number of hydrogen-bond donors (Lipinski definition) is 2. The summed E-state index contributed by atoms with van der Waals surface area (Å²) in [5.41, 5.74) is 1.67. The van der Waals surface area contributed by atoms with Gasteiger partial charge in [-0.1, -0.05) is 37.6 Å². The third-order valence-electron chi connectivity index (χ3n) is 4.37. The van der Waals surface area contributed by atoms with Crippen molar-refractivity contribution in [3.8, 4) is 0 Å². The van der Waals surface area contributed by atoms with Crippen molar-refractivity contribution < 1.29 is 16.8 Å². The maximum Gasteiger partial charge on any atom is 0.261 e. The summed E-state index contributed by atoms with van der Waals surface area (Å²) in [6.07, 6.45) is 0. The molecule has 0 spiro atoms. The van der Waals surface area contributed by atoms with Gasteiger partial charge in [0.1, 0.15) is 0 Å². The van der Waals surface area contributed by atoms with Gasteiger partial charge in [0.05, 0.1) is 9.79 Å². The van der Waals surface area contributed by atoms with E-state index in [-0.39, 0.29) is 15.5 Å². The summed E-state index contributed by atoms with van der Waals surface area (Å²) in [5, 5.41) is 0.494. The van der Waals surface area contributed by atoms with Gasteiger partial charge in [-0.05, 0) is 72.1 Å². The molecular weight excluding hydrogens is 444 g/mol. The monoisotopic (exact) mass is 464 g/mol. The van der Waals surface area contributed by atoms with Crippen LogP contribution in [-0.2, 0) is 20.0 Å². The molecule has 3 aromatic carbocycles. The van der Waals surface area contributed by atoms with Crippen LogP contribution in [0.25, 0.3) is 0 Å². The number of benzene rings is 3. The van der Waals surface area contributed by atoms with Crippen LogP contribution in [0.5, 0.6) is 0 Å². The van der Waals surface area contributed by atoms with Gasteiger partial charge in [-0.3, -0.25) is 9.44 Å². The van der Waals surface area contributed by atoms with E-state index >= 15 is 0 Å². The highest BCUT2D eigenvalue weighted by Gasteiger charge is 2.17. The van der Waals surface area contributed by atoms with E-state index in [2.05, 4.69) is 9.44 Å². The number of sulfonamides is 2. The quantitative estimate of drug-likeness (QED) is 0.510. The predicted octanol–water partition coefficient (Wildman–Crippen LogP) is 5.07. The molecule has 0 amide bonds. The van der Waals surface area contributed by atoms with Crippen molar-refractivity contribution in [3.05, 3.63) is 83.4 Å². The van der Waals surface area contributed by atoms with Crippen molar-refractivity contribution in [2.45, 2.75) is 29.6 Å². The number of rotatable bonds is 7. The predicted molar refractivity (Wildman–Crippen MR) is 120 cm³/mol. The van der Waals surface area contributed by atoms with Gasteiger partial charge in [0.15, 0.2) is 0 Å². The Bertz CT molecular complexity index is 1220. The van der Waals surface area contributed by atoms with Crippen LogP contribution in [0.3, 0.4) is 0 Å². The number of nitrogens with one attached hydrogen (secondary N) is 2. The Morgan fingerprint density at radius 3 is 1.40 bits per heavy atom. The minimum atomic E-state index is -3.82. The third kappa shape index (κ3) is 5.33. The molecule has 0 aliphatic heterocycles. The Morgan fingerprint density at radius 1 is 0.633 bits per heavy atom. The molecule has 0 aromatic heterocycles. The normalized spacial score (nSPS) is 12.0. The maximum absolute atomic E-state index is 12.6. The minimum absolute atomic E-state index is 0.00156. The summed E-state index contributed by atoms with van der Waals surface area (Å²) in [6.45, 7) is 4.05. The standard InChI is InChI=1S/C21H21ClN2O4S2/c1-15(2)16-3-11-20(12-4-16)29(25,26)24-19-9-13-21(14-10-19)30(27,28)23-18-7-5-17(22)6-8-18/h3-15,23-24H,1-2H3. The second-order valence-corrected chi connectivity index (χ2v) is 10.8. The van der Waals surface area contributed by atoms with Crippen molar-refractivity contribution >= 4 is 43.0 Å². The Balaban J connectivity index is 1.75. The highest BCUT2D eigenvalue weighted by molar-refractivity contribution is 7.93. The van der Waals surface area contributed by atoms with Crippen molar-refractivity contribution in [2.24, 2.45) is 0 Å². The van der Waals surface area contributed by atoms with Crippen molar-refractivity contribution in [3.63, 3.8) is 0 Å². The molecule has 30 heavy (non-hydrogen) atoms. The average molecular weight is 465 g/mol. The second-order valence-electron chi connectivity index (χ2n) is 6.97. The van der Waals surface area contributed by atoms with E-state index in [1.165, 1.54) is 24.3 Å². The Labute approximate surface area is 182 Å². The van der Waals surface area contributed by atoms with E-state index in [0.29, 0.717) is 16.6 Å². The van der Waals surface area contributed by atoms with E-state index in [1.54, 1.807) is 48.5 Å². The van der Waals surface area contributed by atoms with Gasteiger partial charge in [-0.15, -0.1) is 0 Å². The lowest BCUT2D eigenvalue weighted by atomic mass is 10.0. The molecule has 9 heteroatoms. The van der Waals surface area contributed by atoms with E-state index in [0.717, 1.165) is 5.56 Å². The molecule has 0 radical (unpaired) electrons. The van der Waals surface area contributed by atoms with Gasteiger partial charge in [-0.25, -0.2) is 16.8 Å². The maximum atomic E-state index is 12.6. The van der Waals surface area contributed by atoms with E-state index < -0.39 is 20.0 Å². The Morgan fingerprint density at radius 2 is 1.00 bits per heavy atom. The molecule has 0 unspecified atom stereocenters. The summed E-state index contributed by atoms with van der Waals surface area (Å²) >= 11 is 5.80. The second kappa shape index (κ2) is 8.67. The molecule has 0 fully saturated rings. The van der Waals surface area contributed by atoms with E-state index in [9.17, 15) is 16.8 Å². The van der Waals surface area contributed by atoms with Gasteiger partial charge >= 0.3 is 0 Å². The van der Waals surface area contributed by atoms with Crippen molar-refractivity contribution in [1.29, 1.82) is 0 Å². The Kier molecular flexibility index (Phi) is 6.40. The Hall–Kier alpha value is -2.55. The highest BCUT2D eigenvalue weighted by Crippen LogP contribution is 2.22. The van der Waals surface area contributed by atoms with Gasteiger partial charge < -0.3 is 0 Å². The molecule has 0 aliphatic carbocycles. The molecule has 158 valence electrons. The highest BCUT2D eigenvalue weighted by atomic mass is 35.5. The fourth-order valence-electron chi connectivity index (χ4n) is 2.68. The van der Waals surface area contributed by atoms with Gasteiger partial charge in [-0.2, -0.15) is 0 Å². The molecule has 2 N–H and O–H groups in total. The lowest BCUT2D eigenvalue weighted by Gasteiger charge is -2.11. The van der Waals surface area contributed by atoms with Crippen LogP contribution in [0.15, 0.2) is 82.6 Å². The molecule has 0 aliphatic rings. The van der Waals surface area contributed by atoms with E-state index in [4.69, 9.17) is 11.6 Å². The lowest BCUT2D eigenvalue weighted by Crippen LogP contribution is -2.14. The van der Waals surface area contributed by atoms with E-state index in [1.807, 2.05) is 13.8 Å². The molecule has 0 heterocycles. The molecule has 6 nitrogen and oxygen atoms in total. The zero-order valence-electron chi connectivity index (χ0n) is 16.3. The molecule has 0 atom stereocenters. The van der Waals surface area contributed by atoms with Crippen LogP contribution in [0.4, 0.5) is 11.4 Å².